The molecule has 0 fully saturated rings. The number of carboxylic acids is 1. The minimum absolute atomic E-state index is 0.0518. The van der Waals surface area contributed by atoms with E-state index in [9.17, 15) is 25.2 Å². The standard InChI is InChI=1S/C13H22N2O7/c1-7(17)12(20)15-9-4-13(21,6-16)3-8(11(9)22-2)14-5-10(18)19/h7,12,14,16-17,20-21H,3-6H2,1-2H3,(H,18,19)/b15-9+/t7-,12-,13?/m1/s1. The summed E-state index contributed by atoms with van der Waals surface area (Å²) in [7, 11) is 1.34. The molecule has 0 heterocycles. The molecule has 9 nitrogen and oxygen atoms in total. The number of rotatable bonds is 7. The molecule has 6 N–H and O–H groups in total. The first-order valence-electron chi connectivity index (χ1n) is 6.71. The number of carbonyl (C=O) groups is 1. The van der Waals surface area contributed by atoms with Crippen molar-refractivity contribution in [3.8, 4) is 0 Å². The van der Waals surface area contributed by atoms with Gasteiger partial charge in [0.15, 0.2) is 12.0 Å². The van der Waals surface area contributed by atoms with E-state index in [1.165, 1.54) is 14.0 Å². The van der Waals surface area contributed by atoms with Crippen LogP contribution in [0.3, 0.4) is 0 Å². The number of aliphatic imine (C=N–C) groups is 1. The Morgan fingerprint density at radius 2 is 2.09 bits per heavy atom. The van der Waals surface area contributed by atoms with Crippen LogP contribution in [0.4, 0.5) is 0 Å². The quantitative estimate of drug-likeness (QED) is 0.321. The van der Waals surface area contributed by atoms with Crippen LogP contribution < -0.4 is 5.32 Å². The van der Waals surface area contributed by atoms with E-state index in [1.807, 2.05) is 0 Å². The Morgan fingerprint density at radius 1 is 1.45 bits per heavy atom. The highest BCUT2D eigenvalue weighted by atomic mass is 16.5. The number of allylic oxidation sites excluding steroid dienone is 1. The summed E-state index contributed by atoms with van der Waals surface area (Å²) in [5, 5.41) is 50.0. The molecule has 0 aromatic heterocycles. The molecule has 22 heavy (non-hydrogen) atoms. The van der Waals surface area contributed by atoms with Crippen LogP contribution in [0.2, 0.25) is 0 Å². The first-order valence-corrected chi connectivity index (χ1v) is 6.71. The third-order valence-corrected chi connectivity index (χ3v) is 3.21. The second-order valence-electron chi connectivity index (χ2n) is 5.23. The molecule has 126 valence electrons. The molecule has 9 heteroatoms. The van der Waals surface area contributed by atoms with E-state index < -0.39 is 37.1 Å². The first kappa shape index (κ1) is 18.4. The van der Waals surface area contributed by atoms with E-state index in [1.54, 1.807) is 0 Å². The van der Waals surface area contributed by atoms with Gasteiger partial charge in [-0.15, -0.1) is 0 Å². The summed E-state index contributed by atoms with van der Waals surface area (Å²) in [4.78, 5) is 14.6. The summed E-state index contributed by atoms with van der Waals surface area (Å²) < 4.78 is 5.18. The Morgan fingerprint density at radius 3 is 2.55 bits per heavy atom. The lowest BCUT2D eigenvalue weighted by atomic mass is 9.85. The predicted molar refractivity (Wildman–Crippen MR) is 76.1 cm³/mol. The molecular weight excluding hydrogens is 296 g/mol. The molecule has 0 spiro atoms. The fourth-order valence-corrected chi connectivity index (χ4v) is 2.09. The number of aliphatic carboxylic acids is 1. The molecule has 1 rings (SSSR count). The Bertz CT molecular complexity index is 475. The van der Waals surface area contributed by atoms with Gasteiger partial charge in [-0.25, -0.2) is 0 Å². The number of hydrogen-bond acceptors (Lipinski definition) is 8. The molecule has 0 saturated carbocycles. The molecule has 0 aromatic carbocycles. The maximum atomic E-state index is 10.7. The summed E-state index contributed by atoms with van der Waals surface area (Å²) in [5.41, 5.74) is -1.17. The number of carboxylic acid groups (broad SMARTS) is 1. The Kier molecular flexibility index (Phi) is 6.30. The van der Waals surface area contributed by atoms with E-state index in [2.05, 4.69) is 10.3 Å². The zero-order valence-electron chi connectivity index (χ0n) is 12.5. The normalized spacial score (nSPS) is 26.7. The van der Waals surface area contributed by atoms with Crippen LogP contribution in [0.15, 0.2) is 16.4 Å². The Hall–Kier alpha value is -1.68. The summed E-state index contributed by atoms with van der Waals surface area (Å²) in [6, 6.07) is 0. The van der Waals surface area contributed by atoms with Crippen LogP contribution >= 0.6 is 0 Å². The van der Waals surface area contributed by atoms with Crippen molar-refractivity contribution in [2.75, 3.05) is 20.3 Å². The monoisotopic (exact) mass is 318 g/mol. The Labute approximate surface area is 127 Å². The van der Waals surface area contributed by atoms with E-state index >= 15 is 0 Å². The van der Waals surface area contributed by atoms with Crippen molar-refractivity contribution in [2.24, 2.45) is 4.99 Å². The van der Waals surface area contributed by atoms with Gasteiger partial charge >= 0.3 is 5.97 Å². The number of hydrogen-bond donors (Lipinski definition) is 6. The number of methoxy groups -OCH3 is 1. The highest BCUT2D eigenvalue weighted by Crippen LogP contribution is 2.30. The van der Waals surface area contributed by atoms with Crippen LogP contribution in [0.25, 0.3) is 0 Å². The van der Waals surface area contributed by atoms with Crippen LogP contribution in [0.1, 0.15) is 19.8 Å². The van der Waals surface area contributed by atoms with Crippen molar-refractivity contribution in [3.63, 3.8) is 0 Å². The summed E-state index contributed by atoms with van der Waals surface area (Å²) in [5.74, 6) is -0.928. The molecule has 1 aliphatic carbocycles. The zero-order chi connectivity index (χ0) is 16.9. The average Bonchev–Trinajstić information content (AvgIpc) is 2.44. The average molecular weight is 318 g/mol. The number of aliphatic hydroxyl groups excluding tert-OH is 3. The van der Waals surface area contributed by atoms with Crippen molar-refractivity contribution in [3.05, 3.63) is 11.5 Å². The van der Waals surface area contributed by atoms with E-state index in [4.69, 9.17) is 9.84 Å². The van der Waals surface area contributed by atoms with Crippen molar-refractivity contribution < 1.29 is 35.1 Å². The SMILES string of the molecule is COC1=C(NCC(=O)O)CC(O)(CO)C/C1=N\[C@H](O)[C@@H](C)O. The lowest BCUT2D eigenvalue weighted by Crippen LogP contribution is -2.44. The van der Waals surface area contributed by atoms with Crippen molar-refractivity contribution in [1.82, 2.24) is 5.32 Å². The van der Waals surface area contributed by atoms with E-state index in [0.717, 1.165) is 0 Å². The third kappa shape index (κ3) is 4.67. The topological polar surface area (TPSA) is 152 Å². The van der Waals surface area contributed by atoms with Gasteiger partial charge in [-0.05, 0) is 6.92 Å². The molecule has 0 aromatic rings. The maximum Gasteiger partial charge on any atom is 0.322 e. The molecule has 0 bridgehead atoms. The largest absolute Gasteiger partial charge is 0.493 e. The van der Waals surface area contributed by atoms with Gasteiger partial charge in [0, 0.05) is 12.8 Å². The molecule has 1 aliphatic rings. The number of aliphatic hydroxyl groups is 4. The van der Waals surface area contributed by atoms with Crippen LogP contribution in [0.5, 0.6) is 0 Å². The Balaban J connectivity index is 3.20. The molecule has 1 unspecified atom stereocenters. The van der Waals surface area contributed by atoms with Gasteiger partial charge in [-0.3, -0.25) is 9.79 Å². The van der Waals surface area contributed by atoms with Gasteiger partial charge in [0.25, 0.3) is 0 Å². The number of ether oxygens (including phenoxy) is 1. The molecule has 0 radical (unpaired) electrons. The molecule has 0 saturated heterocycles. The van der Waals surface area contributed by atoms with Crippen molar-refractivity contribution in [2.45, 2.75) is 37.7 Å². The fraction of sp³-hybridized carbons (Fsp3) is 0.692. The van der Waals surface area contributed by atoms with Crippen molar-refractivity contribution >= 4 is 11.7 Å². The van der Waals surface area contributed by atoms with E-state index in [-0.39, 0.29) is 30.0 Å². The minimum Gasteiger partial charge on any atom is -0.493 e. The second kappa shape index (κ2) is 7.54. The highest BCUT2D eigenvalue weighted by Gasteiger charge is 2.38. The van der Waals surface area contributed by atoms with Gasteiger partial charge in [0.2, 0.25) is 0 Å². The van der Waals surface area contributed by atoms with Gasteiger partial charge in [0.05, 0.1) is 36.8 Å². The molecule has 0 aliphatic heterocycles. The highest BCUT2D eigenvalue weighted by molar-refractivity contribution is 6.00. The summed E-state index contributed by atoms with van der Waals surface area (Å²) in [6.45, 7) is 0.359. The van der Waals surface area contributed by atoms with Crippen LogP contribution in [0, 0.1) is 0 Å². The van der Waals surface area contributed by atoms with Gasteiger partial charge in [-0.1, -0.05) is 0 Å². The van der Waals surface area contributed by atoms with Gasteiger partial charge in [-0.2, -0.15) is 0 Å². The smallest absolute Gasteiger partial charge is 0.322 e. The number of nitrogens with one attached hydrogen (secondary N) is 1. The molecule has 0 amide bonds. The number of nitrogens with zero attached hydrogens (tertiary/aromatic N) is 1. The lowest BCUT2D eigenvalue weighted by molar-refractivity contribution is -0.135. The van der Waals surface area contributed by atoms with Crippen LogP contribution in [-0.2, 0) is 9.53 Å². The van der Waals surface area contributed by atoms with E-state index in [0.29, 0.717) is 0 Å². The summed E-state index contributed by atoms with van der Waals surface area (Å²) in [6.07, 6.45) is -2.72. The minimum atomic E-state index is -1.56. The summed E-state index contributed by atoms with van der Waals surface area (Å²) >= 11 is 0. The van der Waals surface area contributed by atoms with Crippen molar-refractivity contribution in [1.29, 1.82) is 0 Å². The molecule has 3 atom stereocenters. The fourth-order valence-electron chi connectivity index (χ4n) is 2.09. The van der Waals surface area contributed by atoms with Crippen LogP contribution in [-0.4, -0.2) is 75.4 Å². The third-order valence-electron chi connectivity index (χ3n) is 3.21. The second-order valence-corrected chi connectivity index (χ2v) is 5.23. The van der Waals surface area contributed by atoms with Gasteiger partial charge < -0.3 is 35.6 Å². The first-order chi connectivity index (χ1) is 10.2. The van der Waals surface area contributed by atoms with Gasteiger partial charge in [0.1, 0.15) is 6.54 Å². The maximum absolute atomic E-state index is 10.7. The predicted octanol–water partition coefficient (Wildman–Crippen LogP) is -1.82. The molecular formula is C13H22N2O7. The lowest BCUT2D eigenvalue weighted by Gasteiger charge is -2.34. The zero-order valence-corrected chi connectivity index (χ0v) is 12.5.